The topological polar surface area (TPSA) is 49.5 Å². The Labute approximate surface area is 102 Å². The number of hydrogen-bond donors (Lipinski definition) is 2. The molecule has 1 rings (SSSR count). The van der Waals surface area contributed by atoms with Gasteiger partial charge in [0, 0.05) is 18.6 Å². The van der Waals surface area contributed by atoms with Crippen LogP contribution in [-0.4, -0.2) is 24.3 Å². The summed E-state index contributed by atoms with van der Waals surface area (Å²) < 4.78 is 14.0. The molecule has 0 bridgehead atoms. The Bertz CT molecular complexity index is 366. The molecule has 0 saturated heterocycles. The second-order valence-corrected chi connectivity index (χ2v) is 4.51. The first-order valence-corrected chi connectivity index (χ1v) is 5.90. The summed E-state index contributed by atoms with van der Waals surface area (Å²) in [6.45, 7) is 6.18. The van der Waals surface area contributed by atoms with Crippen molar-refractivity contribution in [2.45, 2.75) is 32.9 Å². The Morgan fingerprint density at radius 2 is 2.00 bits per heavy atom. The van der Waals surface area contributed by atoms with E-state index in [1.54, 1.807) is 6.07 Å². The van der Waals surface area contributed by atoms with Crippen LogP contribution in [0.2, 0.25) is 0 Å². The second kappa shape index (κ2) is 5.98. The standard InChI is InChI=1S/C13H21FN2O/c1-9(2)16(6-7-17)13-5-4-11(10(3)15)8-12(13)14/h4-5,8-10,17H,6-7,15H2,1-3H3. The summed E-state index contributed by atoms with van der Waals surface area (Å²) in [6.07, 6.45) is 0. The molecule has 17 heavy (non-hydrogen) atoms. The Hall–Kier alpha value is -1.13. The monoisotopic (exact) mass is 240 g/mol. The number of hydrogen-bond acceptors (Lipinski definition) is 3. The van der Waals surface area contributed by atoms with E-state index in [1.807, 2.05) is 31.7 Å². The van der Waals surface area contributed by atoms with Gasteiger partial charge in [-0.15, -0.1) is 0 Å². The second-order valence-electron chi connectivity index (χ2n) is 4.51. The highest BCUT2D eigenvalue weighted by atomic mass is 19.1. The molecule has 0 aliphatic heterocycles. The number of nitrogens with two attached hydrogens (primary N) is 1. The maximum absolute atomic E-state index is 14.0. The van der Waals surface area contributed by atoms with E-state index in [2.05, 4.69) is 0 Å². The number of rotatable bonds is 5. The van der Waals surface area contributed by atoms with Crippen LogP contribution >= 0.6 is 0 Å². The molecule has 4 heteroatoms. The average molecular weight is 240 g/mol. The molecule has 1 atom stereocenters. The largest absolute Gasteiger partial charge is 0.395 e. The molecular weight excluding hydrogens is 219 g/mol. The van der Waals surface area contributed by atoms with Crippen molar-refractivity contribution in [1.82, 2.24) is 0 Å². The molecule has 1 aromatic rings. The number of aliphatic hydroxyl groups is 1. The summed E-state index contributed by atoms with van der Waals surface area (Å²) in [5, 5.41) is 9.00. The third-order valence-electron chi connectivity index (χ3n) is 2.77. The van der Waals surface area contributed by atoms with E-state index in [0.29, 0.717) is 12.2 Å². The molecule has 3 nitrogen and oxygen atoms in total. The molecule has 0 fully saturated rings. The maximum atomic E-state index is 14.0. The summed E-state index contributed by atoms with van der Waals surface area (Å²) in [5.41, 5.74) is 7.00. The van der Waals surface area contributed by atoms with Gasteiger partial charge in [0.1, 0.15) is 5.82 Å². The van der Waals surface area contributed by atoms with Crippen molar-refractivity contribution in [3.05, 3.63) is 29.6 Å². The number of benzene rings is 1. The molecule has 0 heterocycles. The van der Waals surface area contributed by atoms with E-state index in [9.17, 15) is 4.39 Å². The SMILES string of the molecule is CC(N)c1ccc(N(CCO)C(C)C)c(F)c1. The van der Waals surface area contributed by atoms with Crippen LogP contribution in [0.25, 0.3) is 0 Å². The predicted octanol–water partition coefficient (Wildman–Crippen LogP) is 2.05. The van der Waals surface area contributed by atoms with Crippen LogP contribution in [0.4, 0.5) is 10.1 Å². The van der Waals surface area contributed by atoms with Crippen molar-refractivity contribution in [1.29, 1.82) is 0 Å². The minimum Gasteiger partial charge on any atom is -0.395 e. The van der Waals surface area contributed by atoms with E-state index >= 15 is 0 Å². The Morgan fingerprint density at radius 3 is 2.41 bits per heavy atom. The van der Waals surface area contributed by atoms with Crippen LogP contribution in [0.3, 0.4) is 0 Å². The van der Waals surface area contributed by atoms with E-state index in [4.69, 9.17) is 10.8 Å². The third kappa shape index (κ3) is 3.41. The van der Waals surface area contributed by atoms with Gasteiger partial charge in [-0.3, -0.25) is 0 Å². The van der Waals surface area contributed by atoms with Gasteiger partial charge in [0.25, 0.3) is 0 Å². The molecule has 0 radical (unpaired) electrons. The molecule has 96 valence electrons. The lowest BCUT2D eigenvalue weighted by Gasteiger charge is -2.29. The summed E-state index contributed by atoms with van der Waals surface area (Å²) in [6, 6.07) is 4.98. The zero-order valence-corrected chi connectivity index (χ0v) is 10.7. The maximum Gasteiger partial charge on any atom is 0.146 e. The van der Waals surface area contributed by atoms with Crippen LogP contribution < -0.4 is 10.6 Å². The van der Waals surface area contributed by atoms with Crippen molar-refractivity contribution in [3.8, 4) is 0 Å². The lowest BCUT2D eigenvalue weighted by molar-refractivity contribution is 0.298. The fourth-order valence-electron chi connectivity index (χ4n) is 1.80. The van der Waals surface area contributed by atoms with Crippen molar-refractivity contribution in [2.24, 2.45) is 5.73 Å². The number of halogens is 1. The minimum atomic E-state index is -0.290. The molecule has 3 N–H and O–H groups in total. The van der Waals surface area contributed by atoms with Gasteiger partial charge < -0.3 is 15.7 Å². The van der Waals surface area contributed by atoms with E-state index in [1.165, 1.54) is 6.07 Å². The highest BCUT2D eigenvalue weighted by molar-refractivity contribution is 5.50. The molecule has 0 amide bonds. The lowest BCUT2D eigenvalue weighted by atomic mass is 10.1. The van der Waals surface area contributed by atoms with Gasteiger partial charge in [-0.05, 0) is 38.5 Å². The predicted molar refractivity (Wildman–Crippen MR) is 68.6 cm³/mol. The number of anilines is 1. The molecule has 1 unspecified atom stereocenters. The van der Waals surface area contributed by atoms with Gasteiger partial charge in [0.15, 0.2) is 0 Å². The smallest absolute Gasteiger partial charge is 0.146 e. The van der Waals surface area contributed by atoms with Gasteiger partial charge in [0.2, 0.25) is 0 Å². The molecule has 0 spiro atoms. The molecule has 0 aliphatic rings. The molecule has 0 saturated carbocycles. The summed E-state index contributed by atoms with van der Waals surface area (Å²) in [5.74, 6) is -0.290. The zero-order chi connectivity index (χ0) is 13.0. The highest BCUT2D eigenvalue weighted by Crippen LogP contribution is 2.24. The van der Waals surface area contributed by atoms with E-state index < -0.39 is 0 Å². The van der Waals surface area contributed by atoms with Crippen molar-refractivity contribution >= 4 is 5.69 Å². The van der Waals surface area contributed by atoms with Crippen LogP contribution in [-0.2, 0) is 0 Å². The number of aliphatic hydroxyl groups excluding tert-OH is 1. The Kier molecular flexibility index (Phi) is 4.90. The third-order valence-corrected chi connectivity index (χ3v) is 2.77. The van der Waals surface area contributed by atoms with E-state index in [-0.39, 0.29) is 24.5 Å². The molecule has 1 aromatic carbocycles. The number of nitrogens with zero attached hydrogens (tertiary/aromatic N) is 1. The first-order chi connectivity index (χ1) is 7.97. The zero-order valence-electron chi connectivity index (χ0n) is 10.7. The van der Waals surface area contributed by atoms with Gasteiger partial charge in [0.05, 0.1) is 12.3 Å². The summed E-state index contributed by atoms with van der Waals surface area (Å²) in [7, 11) is 0. The van der Waals surface area contributed by atoms with Crippen LogP contribution in [0.5, 0.6) is 0 Å². The summed E-state index contributed by atoms with van der Waals surface area (Å²) in [4.78, 5) is 1.83. The van der Waals surface area contributed by atoms with E-state index in [0.717, 1.165) is 5.56 Å². The Morgan fingerprint density at radius 1 is 1.35 bits per heavy atom. The van der Waals surface area contributed by atoms with Gasteiger partial charge in [-0.25, -0.2) is 4.39 Å². The van der Waals surface area contributed by atoms with Crippen LogP contribution in [0, 0.1) is 5.82 Å². The van der Waals surface area contributed by atoms with Crippen molar-refractivity contribution in [3.63, 3.8) is 0 Å². The molecule has 0 aliphatic carbocycles. The first-order valence-electron chi connectivity index (χ1n) is 5.90. The highest BCUT2D eigenvalue weighted by Gasteiger charge is 2.15. The van der Waals surface area contributed by atoms with Crippen molar-refractivity contribution in [2.75, 3.05) is 18.1 Å². The molecule has 0 aromatic heterocycles. The van der Waals surface area contributed by atoms with Crippen LogP contribution in [0.15, 0.2) is 18.2 Å². The van der Waals surface area contributed by atoms with Gasteiger partial charge >= 0.3 is 0 Å². The fraction of sp³-hybridized carbons (Fsp3) is 0.538. The molecular formula is C13H21FN2O. The lowest BCUT2D eigenvalue weighted by Crippen LogP contribution is -2.34. The fourth-order valence-corrected chi connectivity index (χ4v) is 1.80. The first kappa shape index (κ1) is 13.9. The van der Waals surface area contributed by atoms with Crippen LogP contribution in [0.1, 0.15) is 32.4 Å². The normalized spacial score (nSPS) is 12.9. The van der Waals surface area contributed by atoms with Gasteiger partial charge in [-0.2, -0.15) is 0 Å². The average Bonchev–Trinajstić information content (AvgIpc) is 2.26. The summed E-state index contributed by atoms with van der Waals surface area (Å²) >= 11 is 0. The quantitative estimate of drug-likeness (QED) is 0.828. The van der Waals surface area contributed by atoms with Crippen molar-refractivity contribution < 1.29 is 9.50 Å². The minimum absolute atomic E-state index is 0.00661. The Balaban J connectivity index is 3.04. The van der Waals surface area contributed by atoms with Gasteiger partial charge in [-0.1, -0.05) is 6.07 Å².